The average Bonchev–Trinajstić information content (AvgIpc) is 2.84. The van der Waals surface area contributed by atoms with Crippen LogP contribution in [0.3, 0.4) is 0 Å². The van der Waals surface area contributed by atoms with Gasteiger partial charge in [0.05, 0.1) is 0 Å². The van der Waals surface area contributed by atoms with E-state index in [2.05, 4.69) is 21.2 Å². The van der Waals surface area contributed by atoms with Gasteiger partial charge in [-0.1, -0.05) is 95.1 Å². The quantitative estimate of drug-likeness (QED) is 0.314. The van der Waals surface area contributed by atoms with Crippen molar-refractivity contribution in [3.63, 3.8) is 0 Å². The number of hydrogen-bond donors (Lipinski definition) is 1. The lowest BCUT2D eigenvalue weighted by Gasteiger charge is -2.32. The highest BCUT2D eigenvalue weighted by molar-refractivity contribution is 9.10. The van der Waals surface area contributed by atoms with E-state index in [0.29, 0.717) is 31.0 Å². The van der Waals surface area contributed by atoms with E-state index in [1.165, 1.54) is 0 Å². The number of aryl methyl sites for hydroxylation is 1. The Hall–Kier alpha value is -2.63. The Labute approximate surface area is 215 Å². The maximum absolute atomic E-state index is 13.6. The van der Waals surface area contributed by atoms with Crippen molar-refractivity contribution in [1.82, 2.24) is 10.2 Å². The molecule has 0 unspecified atom stereocenters. The van der Waals surface area contributed by atoms with Gasteiger partial charge in [-0.15, -0.1) is 0 Å². The molecule has 3 aromatic carbocycles. The third-order valence-electron chi connectivity index (χ3n) is 5.63. The van der Waals surface area contributed by atoms with Crippen LogP contribution < -0.4 is 5.32 Å². The topological polar surface area (TPSA) is 49.4 Å². The highest BCUT2D eigenvalue weighted by Crippen LogP contribution is 2.21. The van der Waals surface area contributed by atoms with E-state index in [1.807, 2.05) is 85.8 Å². The molecule has 1 N–H and O–H groups in total. The van der Waals surface area contributed by atoms with E-state index in [-0.39, 0.29) is 18.2 Å². The number of nitrogens with zero attached hydrogens (tertiary/aromatic N) is 1. The lowest BCUT2D eigenvalue weighted by atomic mass is 10.0. The van der Waals surface area contributed by atoms with Gasteiger partial charge in [-0.3, -0.25) is 9.59 Å². The van der Waals surface area contributed by atoms with Crippen LogP contribution in [-0.2, 0) is 29.0 Å². The number of amides is 2. The standard InChI is InChI=1S/C28H30BrClN2O2/c1-2-17-31-28(34)26(19-21-9-4-3-5-10-21)32(20-22-11-8-13-24(29)18-22)27(33)16-15-23-12-6-7-14-25(23)30/h3-14,18,26H,2,15-17,19-20H2,1H3,(H,31,34)/t26-/m1/s1. The van der Waals surface area contributed by atoms with E-state index in [4.69, 9.17) is 11.6 Å². The minimum absolute atomic E-state index is 0.0764. The fourth-order valence-electron chi connectivity index (χ4n) is 3.84. The zero-order valence-electron chi connectivity index (χ0n) is 19.3. The van der Waals surface area contributed by atoms with Crippen LogP contribution in [0, 0.1) is 0 Å². The van der Waals surface area contributed by atoms with Gasteiger partial charge in [0, 0.05) is 35.4 Å². The molecule has 0 radical (unpaired) electrons. The molecule has 6 heteroatoms. The van der Waals surface area contributed by atoms with Crippen molar-refractivity contribution in [3.05, 3.63) is 105 Å². The number of halogens is 2. The van der Waals surface area contributed by atoms with Gasteiger partial charge in [0.15, 0.2) is 0 Å². The molecule has 0 aromatic heterocycles. The first-order chi connectivity index (χ1) is 16.5. The Kier molecular flexibility index (Phi) is 10.2. The van der Waals surface area contributed by atoms with Crippen molar-refractivity contribution in [1.29, 1.82) is 0 Å². The normalized spacial score (nSPS) is 11.6. The van der Waals surface area contributed by atoms with Gasteiger partial charge < -0.3 is 10.2 Å². The van der Waals surface area contributed by atoms with E-state index < -0.39 is 6.04 Å². The summed E-state index contributed by atoms with van der Waals surface area (Å²) in [4.78, 5) is 28.6. The maximum Gasteiger partial charge on any atom is 0.243 e. The first kappa shape index (κ1) is 26.0. The number of carbonyl (C=O) groups excluding carboxylic acids is 2. The molecule has 178 valence electrons. The van der Waals surface area contributed by atoms with Gasteiger partial charge in [-0.05, 0) is 47.7 Å². The molecule has 34 heavy (non-hydrogen) atoms. The van der Waals surface area contributed by atoms with E-state index >= 15 is 0 Å². The molecule has 0 saturated heterocycles. The zero-order valence-corrected chi connectivity index (χ0v) is 21.7. The SMILES string of the molecule is CCCNC(=O)[C@@H](Cc1ccccc1)N(Cc1cccc(Br)c1)C(=O)CCc1ccccc1Cl. The molecule has 2 amide bonds. The Morgan fingerprint density at radius 1 is 0.971 bits per heavy atom. The lowest BCUT2D eigenvalue weighted by Crippen LogP contribution is -2.50. The molecule has 4 nitrogen and oxygen atoms in total. The van der Waals surface area contributed by atoms with Gasteiger partial charge in [-0.2, -0.15) is 0 Å². The Morgan fingerprint density at radius 3 is 2.38 bits per heavy atom. The summed E-state index contributed by atoms with van der Waals surface area (Å²) in [6.07, 6.45) is 2.06. The van der Waals surface area contributed by atoms with E-state index in [0.717, 1.165) is 27.6 Å². The van der Waals surface area contributed by atoms with Gasteiger partial charge in [0.1, 0.15) is 6.04 Å². The zero-order chi connectivity index (χ0) is 24.3. The van der Waals surface area contributed by atoms with Gasteiger partial charge in [-0.25, -0.2) is 0 Å². The molecule has 0 bridgehead atoms. The predicted octanol–water partition coefficient (Wildman–Crippen LogP) is 6.20. The van der Waals surface area contributed by atoms with Crippen molar-refractivity contribution in [2.45, 2.75) is 45.2 Å². The highest BCUT2D eigenvalue weighted by atomic mass is 79.9. The minimum Gasteiger partial charge on any atom is -0.354 e. The summed E-state index contributed by atoms with van der Waals surface area (Å²) in [6.45, 7) is 2.93. The van der Waals surface area contributed by atoms with Crippen LogP contribution in [0.15, 0.2) is 83.3 Å². The summed E-state index contributed by atoms with van der Waals surface area (Å²) in [7, 11) is 0. The summed E-state index contributed by atoms with van der Waals surface area (Å²) in [5.41, 5.74) is 2.90. The molecule has 0 heterocycles. The fraction of sp³-hybridized carbons (Fsp3) is 0.286. The number of rotatable bonds is 11. The van der Waals surface area contributed by atoms with Crippen LogP contribution in [0.2, 0.25) is 5.02 Å². The summed E-state index contributed by atoms with van der Waals surface area (Å²) >= 11 is 9.83. The third kappa shape index (κ3) is 7.71. The minimum atomic E-state index is -0.619. The molecule has 0 aliphatic heterocycles. The maximum atomic E-state index is 13.6. The molecule has 0 fully saturated rings. The molecular weight excluding hydrogens is 512 g/mol. The van der Waals surface area contributed by atoms with Gasteiger partial charge in [0.25, 0.3) is 0 Å². The van der Waals surface area contributed by atoms with E-state index in [1.54, 1.807) is 4.90 Å². The number of nitrogens with one attached hydrogen (secondary N) is 1. The Morgan fingerprint density at radius 2 is 1.68 bits per heavy atom. The largest absolute Gasteiger partial charge is 0.354 e. The second kappa shape index (κ2) is 13.3. The molecule has 1 atom stereocenters. The first-order valence-corrected chi connectivity index (χ1v) is 12.7. The smallest absolute Gasteiger partial charge is 0.243 e. The fourth-order valence-corrected chi connectivity index (χ4v) is 4.52. The monoisotopic (exact) mass is 540 g/mol. The second-order valence-electron chi connectivity index (χ2n) is 8.24. The number of hydrogen-bond acceptors (Lipinski definition) is 2. The number of carbonyl (C=O) groups is 2. The molecule has 3 aromatic rings. The first-order valence-electron chi connectivity index (χ1n) is 11.6. The summed E-state index contributed by atoms with van der Waals surface area (Å²) < 4.78 is 0.934. The van der Waals surface area contributed by atoms with Crippen molar-refractivity contribution in [2.75, 3.05) is 6.54 Å². The third-order valence-corrected chi connectivity index (χ3v) is 6.49. The molecule has 0 saturated carbocycles. The molecule has 0 spiro atoms. The van der Waals surface area contributed by atoms with Crippen LogP contribution in [0.1, 0.15) is 36.5 Å². The van der Waals surface area contributed by atoms with E-state index in [9.17, 15) is 9.59 Å². The molecule has 0 aliphatic carbocycles. The molecule has 3 rings (SSSR count). The predicted molar refractivity (Wildman–Crippen MR) is 142 cm³/mol. The number of benzene rings is 3. The van der Waals surface area contributed by atoms with Crippen LogP contribution in [0.5, 0.6) is 0 Å². The van der Waals surface area contributed by atoms with Crippen molar-refractivity contribution in [2.24, 2.45) is 0 Å². The summed E-state index contributed by atoms with van der Waals surface area (Å²) in [6, 6.07) is 24.6. The summed E-state index contributed by atoms with van der Waals surface area (Å²) in [5.74, 6) is -0.209. The van der Waals surface area contributed by atoms with Crippen molar-refractivity contribution >= 4 is 39.3 Å². The van der Waals surface area contributed by atoms with Crippen LogP contribution in [0.25, 0.3) is 0 Å². The van der Waals surface area contributed by atoms with Crippen LogP contribution >= 0.6 is 27.5 Å². The van der Waals surface area contributed by atoms with Crippen LogP contribution in [0.4, 0.5) is 0 Å². The van der Waals surface area contributed by atoms with Gasteiger partial charge >= 0.3 is 0 Å². The Bertz CT molecular complexity index is 1090. The molecular formula is C28H30BrClN2O2. The van der Waals surface area contributed by atoms with Crippen LogP contribution in [-0.4, -0.2) is 29.3 Å². The highest BCUT2D eigenvalue weighted by Gasteiger charge is 2.30. The molecule has 0 aliphatic rings. The second-order valence-corrected chi connectivity index (χ2v) is 9.56. The average molecular weight is 542 g/mol. The van der Waals surface area contributed by atoms with Gasteiger partial charge in [0.2, 0.25) is 11.8 Å². The lowest BCUT2D eigenvalue weighted by molar-refractivity contribution is -0.141. The van der Waals surface area contributed by atoms with Crippen molar-refractivity contribution < 1.29 is 9.59 Å². The van der Waals surface area contributed by atoms with Crippen molar-refractivity contribution in [3.8, 4) is 0 Å². The Balaban J connectivity index is 1.90. The summed E-state index contributed by atoms with van der Waals surface area (Å²) in [5, 5.41) is 3.65.